The number of rotatable bonds is 6. The normalized spacial score (nSPS) is 10.9. The number of aliphatic hydroxyl groups excluding tert-OH is 1. The molecular weight excluding hydrogens is 378 g/mol. The number of ketones is 1. The van der Waals surface area contributed by atoms with Gasteiger partial charge in [-0.3, -0.25) is 4.79 Å². The van der Waals surface area contributed by atoms with Crippen molar-refractivity contribution in [2.75, 3.05) is 13.7 Å². The Morgan fingerprint density at radius 2 is 1.77 bits per heavy atom. The maximum absolute atomic E-state index is 13.1. The first-order valence-electron chi connectivity index (χ1n) is 9.62. The van der Waals surface area contributed by atoms with E-state index in [0.29, 0.717) is 28.9 Å². The number of nitrogens with zero attached hydrogens (tertiary/aromatic N) is 1. The number of aromatic nitrogens is 1. The van der Waals surface area contributed by atoms with Crippen molar-refractivity contribution in [3.8, 4) is 22.8 Å². The molecule has 0 aliphatic heterocycles. The van der Waals surface area contributed by atoms with Gasteiger partial charge in [0.1, 0.15) is 5.75 Å². The Bertz CT molecular complexity index is 1230. The molecule has 3 aromatic carbocycles. The number of aromatic hydroxyl groups is 1. The second kappa shape index (κ2) is 8.35. The third kappa shape index (κ3) is 3.88. The molecule has 30 heavy (non-hydrogen) atoms. The lowest BCUT2D eigenvalue weighted by molar-refractivity contribution is 0.103. The van der Waals surface area contributed by atoms with Crippen LogP contribution < -0.4 is 4.74 Å². The topological polar surface area (TPSA) is 79.7 Å². The second-order valence-electron chi connectivity index (χ2n) is 7.00. The molecule has 1 aromatic heterocycles. The Morgan fingerprint density at radius 1 is 0.967 bits per heavy atom. The molecule has 5 nitrogen and oxygen atoms in total. The number of phenols is 1. The third-order valence-corrected chi connectivity index (χ3v) is 5.00. The molecule has 0 amide bonds. The number of fused-ring (bicyclic) bond motifs is 1. The van der Waals surface area contributed by atoms with Crippen LogP contribution in [0, 0.1) is 0 Å². The van der Waals surface area contributed by atoms with Crippen molar-refractivity contribution in [1.29, 1.82) is 0 Å². The van der Waals surface area contributed by atoms with Gasteiger partial charge in [-0.2, -0.15) is 0 Å². The Balaban J connectivity index is 1.84. The summed E-state index contributed by atoms with van der Waals surface area (Å²) < 4.78 is 5.34. The molecule has 2 N–H and O–H groups in total. The van der Waals surface area contributed by atoms with Crippen LogP contribution in [-0.4, -0.2) is 34.7 Å². The minimum Gasteiger partial charge on any atom is -0.508 e. The quantitative estimate of drug-likeness (QED) is 0.470. The van der Waals surface area contributed by atoms with E-state index < -0.39 is 0 Å². The molecule has 0 atom stereocenters. The molecule has 0 radical (unpaired) electrons. The molecule has 0 aliphatic carbocycles. The van der Waals surface area contributed by atoms with E-state index in [4.69, 9.17) is 9.84 Å². The van der Waals surface area contributed by atoms with E-state index in [1.807, 2.05) is 30.3 Å². The molecule has 4 aromatic rings. The average molecular weight is 399 g/mol. The van der Waals surface area contributed by atoms with E-state index in [0.717, 1.165) is 22.1 Å². The van der Waals surface area contributed by atoms with Gasteiger partial charge in [0.15, 0.2) is 5.78 Å². The summed E-state index contributed by atoms with van der Waals surface area (Å²) in [6.07, 6.45) is 0.504. The Morgan fingerprint density at radius 3 is 2.53 bits per heavy atom. The zero-order chi connectivity index (χ0) is 21.1. The van der Waals surface area contributed by atoms with E-state index in [1.165, 1.54) is 0 Å². The number of ether oxygens (including phenoxy) is 1. The molecule has 0 unspecified atom stereocenters. The number of carbonyl (C=O) groups is 1. The molecule has 5 heteroatoms. The molecule has 0 fully saturated rings. The molecule has 0 saturated heterocycles. The highest BCUT2D eigenvalue weighted by Gasteiger charge is 2.14. The minimum atomic E-state index is -0.102. The zero-order valence-electron chi connectivity index (χ0n) is 16.5. The number of pyridine rings is 1. The summed E-state index contributed by atoms with van der Waals surface area (Å²) in [5.41, 5.74) is 4.33. The fraction of sp³-hybridized carbons (Fsp3) is 0.120. The van der Waals surface area contributed by atoms with Gasteiger partial charge in [0, 0.05) is 29.2 Å². The third-order valence-electron chi connectivity index (χ3n) is 5.00. The Hall–Kier alpha value is -3.70. The van der Waals surface area contributed by atoms with Crippen molar-refractivity contribution >= 4 is 16.7 Å². The van der Waals surface area contributed by atoms with Gasteiger partial charge in [0.25, 0.3) is 0 Å². The summed E-state index contributed by atoms with van der Waals surface area (Å²) >= 11 is 0. The van der Waals surface area contributed by atoms with Gasteiger partial charge in [-0.15, -0.1) is 0 Å². The lowest BCUT2D eigenvalue weighted by atomic mass is 9.96. The number of methoxy groups -OCH3 is 1. The number of hydrogen-bond donors (Lipinski definition) is 2. The van der Waals surface area contributed by atoms with Crippen LogP contribution in [0.1, 0.15) is 21.5 Å². The maximum Gasteiger partial charge on any atom is 0.214 e. The van der Waals surface area contributed by atoms with Crippen LogP contribution in [0.2, 0.25) is 0 Å². The summed E-state index contributed by atoms with van der Waals surface area (Å²) in [6, 6.07) is 21.4. The van der Waals surface area contributed by atoms with Crippen LogP contribution in [0.3, 0.4) is 0 Å². The van der Waals surface area contributed by atoms with Crippen LogP contribution in [0.5, 0.6) is 11.6 Å². The number of phenolic OH excluding ortho intramolecular Hbond substituents is 1. The first-order chi connectivity index (χ1) is 14.6. The lowest BCUT2D eigenvalue weighted by Gasteiger charge is -2.11. The van der Waals surface area contributed by atoms with Crippen LogP contribution >= 0.6 is 0 Å². The van der Waals surface area contributed by atoms with Gasteiger partial charge < -0.3 is 14.9 Å². The molecule has 150 valence electrons. The maximum atomic E-state index is 13.1. The predicted molar refractivity (Wildman–Crippen MR) is 116 cm³/mol. The fourth-order valence-electron chi connectivity index (χ4n) is 3.52. The molecule has 4 rings (SSSR count). The van der Waals surface area contributed by atoms with E-state index in [1.54, 1.807) is 49.6 Å². The Kier molecular flexibility index (Phi) is 5.46. The fourth-order valence-corrected chi connectivity index (χ4v) is 3.52. The smallest absolute Gasteiger partial charge is 0.214 e. The van der Waals surface area contributed by atoms with Crippen LogP contribution in [0.25, 0.3) is 22.0 Å². The molecule has 0 bridgehead atoms. The highest BCUT2D eigenvalue weighted by Crippen LogP contribution is 2.33. The van der Waals surface area contributed by atoms with Crippen molar-refractivity contribution in [3.63, 3.8) is 0 Å². The monoisotopic (exact) mass is 399 g/mol. The van der Waals surface area contributed by atoms with Crippen molar-refractivity contribution in [2.45, 2.75) is 6.42 Å². The van der Waals surface area contributed by atoms with Crippen molar-refractivity contribution in [1.82, 2.24) is 4.98 Å². The molecule has 0 aliphatic rings. The van der Waals surface area contributed by atoms with E-state index in [9.17, 15) is 9.90 Å². The first kappa shape index (κ1) is 19.6. The number of benzene rings is 3. The largest absolute Gasteiger partial charge is 0.508 e. The predicted octanol–water partition coefficient (Wildman–Crippen LogP) is 4.38. The van der Waals surface area contributed by atoms with Crippen molar-refractivity contribution in [2.24, 2.45) is 0 Å². The van der Waals surface area contributed by atoms with Crippen LogP contribution in [-0.2, 0) is 6.42 Å². The van der Waals surface area contributed by atoms with Gasteiger partial charge in [-0.1, -0.05) is 30.3 Å². The molecular formula is C25H21NO4. The van der Waals surface area contributed by atoms with Crippen LogP contribution in [0.4, 0.5) is 0 Å². The van der Waals surface area contributed by atoms with Gasteiger partial charge in [0.2, 0.25) is 5.88 Å². The van der Waals surface area contributed by atoms with Gasteiger partial charge in [0.05, 0.1) is 12.6 Å². The van der Waals surface area contributed by atoms with Gasteiger partial charge in [-0.25, -0.2) is 4.98 Å². The van der Waals surface area contributed by atoms with E-state index in [-0.39, 0.29) is 18.1 Å². The number of hydrogen-bond acceptors (Lipinski definition) is 5. The van der Waals surface area contributed by atoms with Crippen molar-refractivity contribution in [3.05, 3.63) is 89.5 Å². The summed E-state index contributed by atoms with van der Waals surface area (Å²) in [4.78, 5) is 17.6. The highest BCUT2D eigenvalue weighted by molar-refractivity contribution is 6.11. The van der Waals surface area contributed by atoms with Gasteiger partial charge in [-0.05, 0) is 59.5 Å². The average Bonchev–Trinajstić information content (AvgIpc) is 2.78. The number of aliphatic hydroxyl groups is 1. The summed E-state index contributed by atoms with van der Waals surface area (Å²) in [5.74, 6) is 0.510. The summed E-state index contributed by atoms with van der Waals surface area (Å²) in [7, 11) is 1.55. The zero-order valence-corrected chi connectivity index (χ0v) is 16.5. The van der Waals surface area contributed by atoms with E-state index >= 15 is 0 Å². The second-order valence-corrected chi connectivity index (χ2v) is 7.00. The lowest BCUT2D eigenvalue weighted by Crippen LogP contribution is -2.03. The summed E-state index contributed by atoms with van der Waals surface area (Å²) in [5, 5.41) is 19.9. The molecule has 0 spiro atoms. The molecule has 0 saturated carbocycles. The summed E-state index contributed by atoms with van der Waals surface area (Å²) in [6.45, 7) is 0.0361. The highest BCUT2D eigenvalue weighted by atomic mass is 16.5. The van der Waals surface area contributed by atoms with E-state index in [2.05, 4.69) is 4.98 Å². The standard InChI is InChI=1S/C25H21NO4/c1-30-24-15-21(17-5-3-7-20(28)13-17)22-14-19(8-9-23(22)26-24)25(29)18-6-2-4-16(12-18)10-11-27/h2-9,12-15,27-28H,10-11H2,1H3. The SMILES string of the molecule is COc1cc(-c2cccc(O)c2)c2cc(C(=O)c3cccc(CCO)c3)ccc2n1. The number of carbonyl (C=O) groups excluding carboxylic acids is 1. The Labute approximate surface area is 174 Å². The van der Waals surface area contributed by atoms with Crippen LogP contribution in [0.15, 0.2) is 72.8 Å². The first-order valence-corrected chi connectivity index (χ1v) is 9.62. The van der Waals surface area contributed by atoms with Gasteiger partial charge >= 0.3 is 0 Å². The minimum absolute atomic E-state index is 0.0361. The molecule has 1 heterocycles. The van der Waals surface area contributed by atoms with Crippen molar-refractivity contribution < 1.29 is 19.7 Å².